The Morgan fingerprint density at radius 2 is 2.14 bits per heavy atom. The minimum Gasteiger partial charge on any atom is -0.382 e. The van der Waals surface area contributed by atoms with Crippen LogP contribution in [0, 0.1) is 5.92 Å². The van der Waals surface area contributed by atoms with Gasteiger partial charge in [-0.3, -0.25) is 0 Å². The number of hydrogen-bond acceptors (Lipinski definition) is 3. The number of aromatic nitrogens is 1. The van der Waals surface area contributed by atoms with Gasteiger partial charge in [-0.2, -0.15) is 0 Å². The van der Waals surface area contributed by atoms with Crippen molar-refractivity contribution in [2.75, 3.05) is 19.8 Å². The van der Waals surface area contributed by atoms with Gasteiger partial charge < -0.3 is 19.5 Å². The lowest BCUT2D eigenvalue weighted by molar-refractivity contribution is 0.137. The second-order valence-electron chi connectivity index (χ2n) is 8.40. The third kappa shape index (κ3) is 3.97. The van der Waals surface area contributed by atoms with Crippen LogP contribution in [-0.4, -0.2) is 35.3 Å². The van der Waals surface area contributed by atoms with E-state index in [-0.39, 0.29) is 12.1 Å². The first-order valence-electron chi connectivity index (χ1n) is 11.0. The second kappa shape index (κ2) is 8.92. The van der Waals surface area contributed by atoms with Crippen molar-refractivity contribution in [2.24, 2.45) is 5.92 Å². The van der Waals surface area contributed by atoms with Gasteiger partial charge in [0.25, 0.3) is 0 Å². The number of urea groups is 1. The van der Waals surface area contributed by atoms with Crippen LogP contribution in [0.15, 0.2) is 18.3 Å². The smallest absolute Gasteiger partial charge is 0.318 e. The molecular weight excluding hydrogens is 382 g/mol. The molecule has 1 atom stereocenters. The van der Waals surface area contributed by atoms with Gasteiger partial charge in [0.2, 0.25) is 0 Å². The topological polar surface area (TPSA) is 46.5 Å². The first kappa shape index (κ1) is 20.5. The SMILES string of the molecule is CCOCCCNC(=O)N1Cc2c(sc3c2CCCC3)-n2cccc2[C@@H]1C(C)C. The zero-order valence-corrected chi connectivity index (χ0v) is 18.7. The number of hydrogen-bond donors (Lipinski definition) is 1. The summed E-state index contributed by atoms with van der Waals surface area (Å²) in [6, 6.07) is 4.41. The number of carbonyl (C=O) groups excluding carboxylic acids is 1. The van der Waals surface area contributed by atoms with Crippen molar-refractivity contribution in [2.45, 2.75) is 65.5 Å². The molecule has 0 unspecified atom stereocenters. The number of nitrogens with one attached hydrogen (secondary N) is 1. The highest BCUT2D eigenvalue weighted by Crippen LogP contribution is 2.43. The highest BCUT2D eigenvalue weighted by Gasteiger charge is 2.36. The summed E-state index contributed by atoms with van der Waals surface area (Å²) < 4.78 is 7.76. The van der Waals surface area contributed by atoms with Crippen LogP contribution in [0.3, 0.4) is 0 Å². The summed E-state index contributed by atoms with van der Waals surface area (Å²) in [5.41, 5.74) is 4.10. The van der Waals surface area contributed by atoms with E-state index >= 15 is 0 Å². The molecule has 0 saturated heterocycles. The van der Waals surface area contributed by atoms with Crippen LogP contribution in [0.25, 0.3) is 5.00 Å². The van der Waals surface area contributed by atoms with Crippen LogP contribution in [0.1, 0.15) is 67.8 Å². The van der Waals surface area contributed by atoms with E-state index in [0.29, 0.717) is 25.6 Å². The standard InChI is InChI=1S/C23H33N3O2S/c1-4-28-14-8-12-24-23(27)26-15-18-17-9-5-6-11-20(17)29-22(18)25-13-7-10-19(25)21(26)16(2)3/h7,10,13,16,21H,4-6,8-9,11-12,14-15H2,1-3H3,(H,24,27)/t21-/m0/s1. The number of nitrogens with zero attached hydrogens (tertiary/aromatic N) is 2. The number of rotatable bonds is 6. The van der Waals surface area contributed by atoms with E-state index in [1.807, 2.05) is 18.3 Å². The van der Waals surface area contributed by atoms with Crippen molar-refractivity contribution < 1.29 is 9.53 Å². The molecule has 0 aromatic carbocycles. The maximum atomic E-state index is 13.3. The molecule has 0 bridgehead atoms. The lowest BCUT2D eigenvalue weighted by Crippen LogP contribution is -2.43. The first-order chi connectivity index (χ1) is 14.1. The van der Waals surface area contributed by atoms with Crippen molar-refractivity contribution in [3.05, 3.63) is 40.0 Å². The first-order valence-corrected chi connectivity index (χ1v) is 11.9. The number of fused-ring (bicyclic) bond motifs is 5. The Morgan fingerprint density at radius 1 is 1.31 bits per heavy atom. The molecule has 3 heterocycles. The number of ether oxygens (including phenoxy) is 1. The Morgan fingerprint density at radius 3 is 2.93 bits per heavy atom. The number of thiophene rings is 1. The fourth-order valence-electron chi connectivity index (χ4n) is 4.74. The van der Waals surface area contributed by atoms with Crippen molar-refractivity contribution in [1.82, 2.24) is 14.8 Å². The Kier molecular flexibility index (Phi) is 6.30. The van der Waals surface area contributed by atoms with Gasteiger partial charge in [0, 0.05) is 42.1 Å². The molecule has 2 aliphatic rings. The maximum Gasteiger partial charge on any atom is 0.318 e. The molecule has 2 amide bonds. The average molecular weight is 416 g/mol. The average Bonchev–Trinajstić information content (AvgIpc) is 3.29. The van der Waals surface area contributed by atoms with E-state index < -0.39 is 0 Å². The van der Waals surface area contributed by atoms with Gasteiger partial charge in [0.15, 0.2) is 0 Å². The third-order valence-corrected chi connectivity index (χ3v) is 7.40. The summed E-state index contributed by atoms with van der Waals surface area (Å²) in [6.07, 6.45) is 7.88. The molecule has 5 nitrogen and oxygen atoms in total. The largest absolute Gasteiger partial charge is 0.382 e. The van der Waals surface area contributed by atoms with Crippen LogP contribution in [0.4, 0.5) is 4.79 Å². The molecule has 1 aliphatic heterocycles. The van der Waals surface area contributed by atoms with Gasteiger partial charge in [0.1, 0.15) is 5.00 Å². The minimum atomic E-state index is 0.0385. The lowest BCUT2D eigenvalue weighted by atomic mass is 9.94. The van der Waals surface area contributed by atoms with Gasteiger partial charge in [-0.25, -0.2) is 4.79 Å². The lowest BCUT2D eigenvalue weighted by Gasteiger charge is -2.33. The maximum absolute atomic E-state index is 13.3. The molecule has 0 fully saturated rings. The summed E-state index contributed by atoms with van der Waals surface area (Å²) in [6.45, 7) is 9.18. The van der Waals surface area contributed by atoms with E-state index in [9.17, 15) is 4.79 Å². The van der Waals surface area contributed by atoms with Crippen molar-refractivity contribution >= 4 is 17.4 Å². The summed E-state index contributed by atoms with van der Waals surface area (Å²) in [5, 5.41) is 4.48. The molecule has 0 saturated carbocycles. The molecule has 1 aliphatic carbocycles. The van der Waals surface area contributed by atoms with E-state index in [1.54, 1.807) is 0 Å². The monoisotopic (exact) mass is 415 g/mol. The van der Waals surface area contributed by atoms with Crippen LogP contribution in [0.2, 0.25) is 0 Å². The zero-order chi connectivity index (χ0) is 20.4. The highest BCUT2D eigenvalue weighted by molar-refractivity contribution is 7.15. The fourth-order valence-corrected chi connectivity index (χ4v) is 6.14. The molecule has 2 aromatic rings. The second-order valence-corrected chi connectivity index (χ2v) is 9.48. The normalized spacial score (nSPS) is 18.2. The van der Waals surface area contributed by atoms with E-state index in [2.05, 4.69) is 47.0 Å². The molecule has 2 aromatic heterocycles. The number of carbonyl (C=O) groups is 1. The molecule has 29 heavy (non-hydrogen) atoms. The van der Waals surface area contributed by atoms with Crippen LogP contribution in [0.5, 0.6) is 0 Å². The van der Waals surface area contributed by atoms with E-state index in [4.69, 9.17) is 4.74 Å². The molecule has 1 N–H and O–H groups in total. The summed E-state index contributed by atoms with van der Waals surface area (Å²) in [5.74, 6) is 0.336. The van der Waals surface area contributed by atoms with Crippen LogP contribution in [-0.2, 0) is 24.1 Å². The van der Waals surface area contributed by atoms with Crippen molar-refractivity contribution in [1.29, 1.82) is 0 Å². The van der Waals surface area contributed by atoms with Crippen LogP contribution < -0.4 is 5.32 Å². The molecule has 158 valence electrons. The Labute approximate surface area is 178 Å². The van der Waals surface area contributed by atoms with Crippen molar-refractivity contribution in [3.8, 4) is 5.00 Å². The molecule has 0 radical (unpaired) electrons. The Balaban J connectivity index is 1.66. The van der Waals surface area contributed by atoms with E-state index in [0.717, 1.165) is 19.4 Å². The van der Waals surface area contributed by atoms with Gasteiger partial charge in [-0.1, -0.05) is 13.8 Å². The molecular formula is C23H33N3O2S. The molecule has 4 rings (SSSR count). The van der Waals surface area contributed by atoms with Gasteiger partial charge in [0.05, 0.1) is 12.6 Å². The van der Waals surface area contributed by atoms with Crippen molar-refractivity contribution in [3.63, 3.8) is 0 Å². The zero-order valence-electron chi connectivity index (χ0n) is 17.9. The summed E-state index contributed by atoms with van der Waals surface area (Å²) in [7, 11) is 0. The van der Waals surface area contributed by atoms with Crippen LogP contribution >= 0.6 is 11.3 Å². The fraction of sp³-hybridized carbons (Fsp3) is 0.609. The predicted octanol–water partition coefficient (Wildman–Crippen LogP) is 5.07. The van der Waals surface area contributed by atoms with Gasteiger partial charge >= 0.3 is 6.03 Å². The Bertz CT molecular complexity index is 854. The Hall–Kier alpha value is -1.79. The summed E-state index contributed by atoms with van der Waals surface area (Å²) >= 11 is 1.94. The number of aryl methyl sites for hydroxylation is 1. The van der Waals surface area contributed by atoms with Gasteiger partial charge in [-0.15, -0.1) is 11.3 Å². The predicted molar refractivity (Wildman–Crippen MR) is 118 cm³/mol. The molecule has 0 spiro atoms. The van der Waals surface area contributed by atoms with Gasteiger partial charge in [-0.05, 0) is 62.6 Å². The highest BCUT2D eigenvalue weighted by atomic mass is 32.1. The minimum absolute atomic E-state index is 0.0385. The molecule has 6 heteroatoms. The summed E-state index contributed by atoms with van der Waals surface area (Å²) in [4.78, 5) is 16.9. The number of amides is 2. The van der Waals surface area contributed by atoms with E-state index in [1.165, 1.54) is 46.0 Å². The third-order valence-electron chi connectivity index (χ3n) is 6.06. The quantitative estimate of drug-likeness (QED) is 0.670.